The van der Waals surface area contributed by atoms with Crippen molar-refractivity contribution in [2.24, 2.45) is 0 Å². The van der Waals surface area contributed by atoms with Gasteiger partial charge in [-0.25, -0.2) is 5.26 Å². The SMILES string of the molecule is O.O.O.O.O.O.O.O.O=O.[3H]OOS. The van der Waals surface area contributed by atoms with Crippen molar-refractivity contribution in [2.45, 2.75) is 0 Å². The molecule has 0 spiro atoms. The molecule has 0 aliphatic carbocycles. The van der Waals surface area contributed by atoms with E-state index in [-0.39, 0.29) is 43.8 Å². The monoisotopic (exact) mass is 244 g/mol. The molecule has 0 fully saturated rings. The second kappa shape index (κ2) is 4250. The van der Waals surface area contributed by atoms with E-state index in [1.54, 1.807) is 0 Å². The normalized spacial score (nSPS) is 2.69. The zero-order chi connectivity index (χ0) is 5.41. The lowest BCUT2D eigenvalue weighted by molar-refractivity contribution is -0.113. The Bertz CT molecular complexity index is 17.8. The predicted octanol–water partition coefficient (Wildman–Crippen LogP) is -6.21. The van der Waals surface area contributed by atoms with Gasteiger partial charge in [-0.05, 0) is 0 Å². The van der Waals surface area contributed by atoms with E-state index in [2.05, 4.69) is 22.5 Å². The average Bonchev–Trinajstić information content (AvgIpc) is 1.72. The first-order valence-corrected chi connectivity index (χ1v) is 0.881. The summed E-state index contributed by atoms with van der Waals surface area (Å²) >= 11 is 3.01. The lowest BCUT2D eigenvalue weighted by Crippen LogP contribution is -1.43. The summed E-state index contributed by atoms with van der Waals surface area (Å²) in [5, 5.41) is 3.16. The standard InChI is InChI=1S/H2O2S.O2.8H2O/c1-2-3;1-2;;;;;;;;/h1,3H;;8*1H2/i/hT. The van der Waals surface area contributed by atoms with E-state index < -0.39 is 0 Å². The molecule has 0 atom stereocenters. The summed E-state index contributed by atoms with van der Waals surface area (Å²) in [6.07, 6.45) is 0. The maximum atomic E-state index is 7.00. The van der Waals surface area contributed by atoms with Crippen molar-refractivity contribution < 1.29 is 53.4 Å². The third-order valence-corrected chi connectivity index (χ3v) is 0. The third kappa shape index (κ3) is 5200. The van der Waals surface area contributed by atoms with Crippen LogP contribution in [0, 0.1) is 9.93 Å². The molecular formula is H18O12S. The fourth-order valence-electron chi connectivity index (χ4n) is 0. The summed E-state index contributed by atoms with van der Waals surface area (Å²) in [4.78, 5) is 14.0. The van der Waals surface area contributed by atoms with E-state index in [1.165, 1.54) is 0 Å². The Morgan fingerprint density at radius 1 is 0.846 bits per heavy atom. The van der Waals surface area contributed by atoms with Crippen LogP contribution < -0.4 is 0 Å². The summed E-state index contributed by atoms with van der Waals surface area (Å²) in [6.45, 7) is 0. The minimum Gasteiger partial charge on any atom is -0.412 e. The van der Waals surface area contributed by atoms with Gasteiger partial charge in [-0.3, -0.25) is 0 Å². The Morgan fingerprint density at radius 3 is 0.923 bits per heavy atom. The first-order chi connectivity index (χ1) is 2.91. The molecule has 0 bridgehead atoms. The van der Waals surface area contributed by atoms with Crippen LogP contribution in [0.1, 0.15) is 0 Å². The van der Waals surface area contributed by atoms with Crippen LogP contribution in [0.25, 0.3) is 1.43 Å². The van der Waals surface area contributed by atoms with Gasteiger partial charge in [0.05, 0.1) is 0 Å². The molecular weight excluding hydrogens is 224 g/mol. The number of thiol groups is 1. The minimum atomic E-state index is 0. The largest absolute Gasteiger partial charge is 0.412 e. The van der Waals surface area contributed by atoms with E-state index in [0.29, 0.717) is 0 Å². The molecule has 0 aliphatic rings. The van der Waals surface area contributed by atoms with Crippen molar-refractivity contribution >= 4 is 12.9 Å². The topological polar surface area (TPSA) is 316 Å². The molecule has 0 aromatic heterocycles. The van der Waals surface area contributed by atoms with Crippen LogP contribution in [0.2, 0.25) is 0 Å². The molecule has 0 saturated heterocycles. The molecule has 13 heavy (non-hydrogen) atoms. The first-order valence-electron chi connectivity index (χ1n) is 0.924. The molecule has 13 heteroatoms. The zero-order valence-corrected chi connectivity index (χ0v) is 6.97. The molecule has 96 valence electrons. The molecule has 17 N–H and O–H groups in total. The Hall–Kier alpha value is -0.450. The van der Waals surface area contributed by atoms with Gasteiger partial charge in [0.1, 0.15) is 0 Å². The minimum absolute atomic E-state index is 0. The Morgan fingerprint density at radius 2 is 0.923 bits per heavy atom. The van der Waals surface area contributed by atoms with Gasteiger partial charge in [-0.2, -0.15) is 4.33 Å². The molecule has 0 aromatic rings. The fourth-order valence-corrected chi connectivity index (χ4v) is 0. The molecule has 0 radical (unpaired) electrons. The van der Waals surface area contributed by atoms with E-state index in [4.69, 9.17) is 11.4 Å². The molecule has 0 unspecified atom stereocenters. The number of hydrogen-bond acceptors (Lipinski definition) is 5. The molecule has 0 heterocycles. The maximum absolute atomic E-state index is 7.00. The van der Waals surface area contributed by atoms with Gasteiger partial charge in [0, 0.05) is 22.8 Å². The molecule has 0 rings (SSSR count). The fraction of sp³-hybridized carbons (Fsp3) is 0. The Kier molecular flexibility index (Phi) is 43400. The second-order valence-electron chi connectivity index (χ2n) is 0.0745. The molecule has 0 aliphatic heterocycles. The van der Waals surface area contributed by atoms with Crippen molar-refractivity contribution in [1.82, 2.24) is 0 Å². The van der Waals surface area contributed by atoms with Crippen molar-refractivity contribution in [2.75, 3.05) is 0 Å². The van der Waals surface area contributed by atoms with Crippen LogP contribution in [0.5, 0.6) is 0 Å². The van der Waals surface area contributed by atoms with Crippen LogP contribution in [-0.4, -0.2) is 49.1 Å². The highest BCUT2D eigenvalue weighted by atomic mass is 32.1. The van der Waals surface area contributed by atoms with Crippen LogP contribution in [0.4, 0.5) is 0 Å². The van der Waals surface area contributed by atoms with Gasteiger partial charge in [0.15, 0.2) is 0 Å². The van der Waals surface area contributed by atoms with E-state index in [0.717, 1.165) is 0 Å². The summed E-state index contributed by atoms with van der Waals surface area (Å²) in [6, 6.07) is 0. The number of hydrogen-bond donors (Lipinski definition) is 2. The first kappa shape index (κ1) is 133. The summed E-state index contributed by atoms with van der Waals surface area (Å²) in [7, 11) is 0. The maximum Gasteiger partial charge on any atom is 0.256 e. The Labute approximate surface area is 78.9 Å². The molecule has 0 saturated carbocycles. The van der Waals surface area contributed by atoms with E-state index in [9.17, 15) is 0 Å². The highest BCUT2D eigenvalue weighted by Crippen LogP contribution is 1.56. The molecule has 0 amide bonds. The highest BCUT2D eigenvalue weighted by molar-refractivity contribution is 7.74. The average molecular weight is 244 g/mol. The van der Waals surface area contributed by atoms with Crippen LogP contribution >= 0.6 is 12.9 Å². The molecule has 0 aromatic carbocycles. The summed E-state index contributed by atoms with van der Waals surface area (Å²) in [5.41, 5.74) is 0. The van der Waals surface area contributed by atoms with Crippen molar-refractivity contribution in [3.8, 4) is 0 Å². The van der Waals surface area contributed by atoms with Crippen LogP contribution in [0.3, 0.4) is 0 Å². The van der Waals surface area contributed by atoms with Gasteiger partial charge in [0.25, 0.3) is 1.43 Å². The Balaban J connectivity index is -0.00000000192. The van der Waals surface area contributed by atoms with Gasteiger partial charge < -0.3 is 43.8 Å². The lowest BCUT2D eigenvalue weighted by Gasteiger charge is -1.56. The third-order valence-electron chi connectivity index (χ3n) is 0. The summed E-state index contributed by atoms with van der Waals surface area (Å²) in [5.74, 6) is 0. The highest BCUT2D eigenvalue weighted by Gasteiger charge is 1.28. The molecule has 12 nitrogen and oxygen atoms in total. The van der Waals surface area contributed by atoms with Crippen molar-refractivity contribution in [1.29, 1.82) is 1.43 Å². The zero-order valence-electron chi connectivity index (χ0n) is 7.08. The lowest BCUT2D eigenvalue weighted by atomic mass is 15.0. The summed E-state index contributed by atoms with van der Waals surface area (Å²) < 4.78 is 9.06. The van der Waals surface area contributed by atoms with Gasteiger partial charge >= 0.3 is 0 Å². The van der Waals surface area contributed by atoms with Crippen LogP contribution in [-0.2, 0) is 4.33 Å². The van der Waals surface area contributed by atoms with Gasteiger partial charge in [0.2, 0.25) is 0 Å². The quantitative estimate of drug-likeness (QED) is 0.196. The van der Waals surface area contributed by atoms with Crippen molar-refractivity contribution in [3.63, 3.8) is 0 Å². The van der Waals surface area contributed by atoms with Gasteiger partial charge in [-0.15, -0.1) is 0 Å². The predicted molar refractivity (Wildman–Crippen MR) is 48.3 cm³/mol. The number of rotatable bonds is 1. The van der Waals surface area contributed by atoms with Gasteiger partial charge in [-0.1, -0.05) is 0 Å². The second-order valence-corrected chi connectivity index (χ2v) is 0.224. The van der Waals surface area contributed by atoms with Crippen LogP contribution in [0.15, 0.2) is 0 Å². The van der Waals surface area contributed by atoms with Crippen molar-refractivity contribution in [3.05, 3.63) is 9.93 Å². The van der Waals surface area contributed by atoms with E-state index >= 15 is 0 Å². The smallest absolute Gasteiger partial charge is 0.256 e. The van der Waals surface area contributed by atoms with E-state index in [1.807, 2.05) is 0 Å².